The van der Waals surface area contributed by atoms with Crippen LogP contribution in [0.25, 0.3) is 0 Å². The molecule has 1 aliphatic heterocycles. The molecule has 0 spiro atoms. The molecular weight excluding hydrogens is 371 g/mol. The molecule has 1 aromatic heterocycles. The van der Waals surface area contributed by atoms with Crippen molar-refractivity contribution in [2.45, 2.75) is 19.5 Å². The van der Waals surface area contributed by atoms with E-state index in [0.29, 0.717) is 23.2 Å². The van der Waals surface area contributed by atoms with Crippen molar-refractivity contribution in [3.8, 4) is 0 Å². The monoisotopic (exact) mass is 389 g/mol. The van der Waals surface area contributed by atoms with Crippen molar-refractivity contribution >= 4 is 23.2 Å². The molecule has 0 fully saturated rings. The molecule has 146 valence electrons. The van der Waals surface area contributed by atoms with Gasteiger partial charge in [-0.2, -0.15) is 13.2 Å². The van der Waals surface area contributed by atoms with Crippen LogP contribution in [0.5, 0.6) is 0 Å². The van der Waals surface area contributed by atoms with Gasteiger partial charge in [0.05, 0.1) is 5.56 Å². The highest BCUT2D eigenvalue weighted by molar-refractivity contribution is 6.04. The lowest BCUT2D eigenvalue weighted by molar-refractivity contribution is -0.137. The molecule has 0 saturated heterocycles. The van der Waals surface area contributed by atoms with Crippen molar-refractivity contribution < 1.29 is 22.8 Å². The maximum absolute atomic E-state index is 13.2. The fourth-order valence-electron chi connectivity index (χ4n) is 2.94. The number of carbonyl (C=O) groups is 2. The first-order chi connectivity index (χ1) is 13.3. The quantitative estimate of drug-likeness (QED) is 0.801. The van der Waals surface area contributed by atoms with Crippen molar-refractivity contribution in [3.63, 3.8) is 0 Å². The van der Waals surface area contributed by atoms with Crippen molar-refractivity contribution in [2.24, 2.45) is 0 Å². The molecule has 2 heterocycles. The third-order valence-electron chi connectivity index (χ3n) is 4.44. The summed E-state index contributed by atoms with van der Waals surface area (Å²) in [5.41, 5.74) is 0.794. The number of aromatic nitrogens is 1. The number of halogens is 3. The number of nitrogens with one attached hydrogen (secondary N) is 1. The molecule has 0 aliphatic carbocycles. The van der Waals surface area contributed by atoms with Crippen molar-refractivity contribution in [1.29, 1.82) is 0 Å². The first-order valence-electron chi connectivity index (χ1n) is 8.64. The zero-order chi connectivity index (χ0) is 20.3. The maximum atomic E-state index is 13.2. The predicted octanol–water partition coefficient (Wildman–Crippen LogP) is 4.08. The standard InChI is InChI=1S/C20H18F3N3O2/c1-13(27)14-4-6-16(7-5-14)25-19(28)15-8-11-26(12-9-15)18-17(20(21,22)23)3-2-10-24-18/h2-8,10H,9,11-12H2,1H3,(H,25,28). The van der Waals surface area contributed by atoms with Crippen LogP contribution in [0.1, 0.15) is 29.3 Å². The van der Waals surface area contributed by atoms with Crippen LogP contribution in [-0.4, -0.2) is 29.8 Å². The molecule has 2 aromatic rings. The molecular formula is C20H18F3N3O2. The maximum Gasteiger partial charge on any atom is 0.419 e. The van der Waals surface area contributed by atoms with Gasteiger partial charge in [0.2, 0.25) is 0 Å². The molecule has 1 amide bonds. The summed E-state index contributed by atoms with van der Waals surface area (Å²) in [7, 11) is 0. The Balaban J connectivity index is 1.68. The summed E-state index contributed by atoms with van der Waals surface area (Å²) in [6.45, 7) is 1.87. The first-order valence-corrected chi connectivity index (χ1v) is 8.64. The van der Waals surface area contributed by atoms with E-state index in [-0.39, 0.29) is 30.6 Å². The van der Waals surface area contributed by atoms with E-state index in [1.807, 2.05) is 0 Å². The van der Waals surface area contributed by atoms with Crippen molar-refractivity contribution in [1.82, 2.24) is 4.98 Å². The van der Waals surface area contributed by atoms with Crippen LogP contribution in [0.2, 0.25) is 0 Å². The summed E-state index contributed by atoms with van der Waals surface area (Å²) in [6.07, 6.45) is -1.26. The van der Waals surface area contributed by atoms with Crippen LogP contribution in [0.15, 0.2) is 54.2 Å². The normalized spacial score (nSPS) is 14.4. The molecule has 0 bridgehead atoms. The lowest BCUT2D eigenvalue weighted by Gasteiger charge is -2.29. The molecule has 1 N–H and O–H groups in total. The molecule has 0 radical (unpaired) electrons. The number of anilines is 2. The number of alkyl halides is 3. The van der Waals surface area contributed by atoms with Crippen molar-refractivity contribution in [2.75, 3.05) is 23.3 Å². The van der Waals surface area contributed by atoms with Crippen LogP contribution < -0.4 is 10.2 Å². The fourth-order valence-corrected chi connectivity index (χ4v) is 2.94. The minimum Gasteiger partial charge on any atom is -0.352 e. The van der Waals surface area contributed by atoms with Gasteiger partial charge < -0.3 is 10.2 Å². The van der Waals surface area contributed by atoms with Gasteiger partial charge in [-0.1, -0.05) is 6.08 Å². The van der Waals surface area contributed by atoms with Crippen LogP contribution in [0.4, 0.5) is 24.7 Å². The van der Waals surface area contributed by atoms with Gasteiger partial charge in [0.1, 0.15) is 5.82 Å². The number of amides is 1. The topological polar surface area (TPSA) is 62.3 Å². The van der Waals surface area contributed by atoms with Gasteiger partial charge in [0, 0.05) is 36.1 Å². The zero-order valence-corrected chi connectivity index (χ0v) is 15.1. The Bertz CT molecular complexity index is 921. The Morgan fingerprint density at radius 3 is 2.43 bits per heavy atom. The summed E-state index contributed by atoms with van der Waals surface area (Å²) in [4.78, 5) is 29.1. The van der Waals surface area contributed by atoms with E-state index in [1.54, 1.807) is 30.3 Å². The number of ketones is 1. The van der Waals surface area contributed by atoms with E-state index < -0.39 is 11.7 Å². The van der Waals surface area contributed by atoms with Crippen molar-refractivity contribution in [3.05, 3.63) is 65.4 Å². The van der Waals surface area contributed by atoms with E-state index in [1.165, 1.54) is 24.1 Å². The molecule has 1 aromatic carbocycles. The number of nitrogens with zero attached hydrogens (tertiary/aromatic N) is 2. The summed E-state index contributed by atoms with van der Waals surface area (Å²) in [5, 5.41) is 2.74. The number of pyridine rings is 1. The lowest BCUT2D eigenvalue weighted by atomic mass is 10.1. The van der Waals surface area contributed by atoms with E-state index in [2.05, 4.69) is 10.3 Å². The number of hydrogen-bond donors (Lipinski definition) is 1. The van der Waals surface area contributed by atoms with Gasteiger partial charge in [0.15, 0.2) is 5.78 Å². The van der Waals surface area contributed by atoms with E-state index in [4.69, 9.17) is 0 Å². The average molecular weight is 389 g/mol. The third kappa shape index (κ3) is 4.39. The Hall–Kier alpha value is -3.16. The van der Waals surface area contributed by atoms with Crippen LogP contribution in [0, 0.1) is 0 Å². The molecule has 3 rings (SSSR count). The van der Waals surface area contributed by atoms with Gasteiger partial charge in [0.25, 0.3) is 5.91 Å². The SMILES string of the molecule is CC(=O)c1ccc(NC(=O)C2=CCN(c3ncccc3C(F)(F)F)CC2)cc1. The molecule has 28 heavy (non-hydrogen) atoms. The van der Waals surface area contributed by atoms with Gasteiger partial charge in [-0.15, -0.1) is 0 Å². The summed E-state index contributed by atoms with van der Waals surface area (Å²) < 4.78 is 39.5. The molecule has 0 unspecified atom stereocenters. The number of Topliss-reactive ketones (excluding diaryl/α,β-unsaturated/α-hetero) is 1. The van der Waals surface area contributed by atoms with Gasteiger partial charge in [-0.05, 0) is 49.7 Å². The second kappa shape index (κ2) is 7.84. The van der Waals surface area contributed by atoms with Crippen LogP contribution in [-0.2, 0) is 11.0 Å². The van der Waals surface area contributed by atoms with Gasteiger partial charge in [-0.25, -0.2) is 4.98 Å². The second-order valence-electron chi connectivity index (χ2n) is 6.39. The minimum atomic E-state index is -4.49. The Morgan fingerprint density at radius 1 is 1.14 bits per heavy atom. The summed E-state index contributed by atoms with van der Waals surface area (Å²) in [6, 6.07) is 8.76. The Labute approximate surface area is 159 Å². The molecule has 0 saturated carbocycles. The zero-order valence-electron chi connectivity index (χ0n) is 15.1. The average Bonchev–Trinajstić information content (AvgIpc) is 2.68. The predicted molar refractivity (Wildman–Crippen MR) is 99.2 cm³/mol. The molecule has 8 heteroatoms. The number of rotatable bonds is 4. The summed E-state index contributed by atoms with van der Waals surface area (Å²) in [5.74, 6) is -0.515. The number of benzene rings is 1. The first kappa shape index (κ1) is 19.6. The minimum absolute atomic E-state index is 0.0688. The highest BCUT2D eigenvalue weighted by atomic mass is 19.4. The fraction of sp³-hybridized carbons (Fsp3) is 0.250. The number of hydrogen-bond acceptors (Lipinski definition) is 4. The molecule has 0 atom stereocenters. The van der Waals surface area contributed by atoms with Crippen LogP contribution >= 0.6 is 0 Å². The Kier molecular flexibility index (Phi) is 5.48. The second-order valence-corrected chi connectivity index (χ2v) is 6.39. The highest BCUT2D eigenvalue weighted by Gasteiger charge is 2.36. The highest BCUT2D eigenvalue weighted by Crippen LogP contribution is 2.35. The van der Waals surface area contributed by atoms with Gasteiger partial charge in [-0.3, -0.25) is 9.59 Å². The smallest absolute Gasteiger partial charge is 0.352 e. The Morgan fingerprint density at radius 2 is 1.86 bits per heavy atom. The lowest BCUT2D eigenvalue weighted by Crippen LogP contribution is -2.33. The van der Waals surface area contributed by atoms with E-state index in [0.717, 1.165) is 6.07 Å². The summed E-state index contributed by atoms with van der Waals surface area (Å²) >= 11 is 0. The van der Waals surface area contributed by atoms with E-state index in [9.17, 15) is 22.8 Å². The van der Waals surface area contributed by atoms with E-state index >= 15 is 0 Å². The number of carbonyl (C=O) groups excluding carboxylic acids is 2. The molecule has 5 nitrogen and oxygen atoms in total. The largest absolute Gasteiger partial charge is 0.419 e. The molecule has 1 aliphatic rings. The van der Waals surface area contributed by atoms with Gasteiger partial charge >= 0.3 is 6.18 Å². The van der Waals surface area contributed by atoms with Crippen LogP contribution in [0.3, 0.4) is 0 Å². The third-order valence-corrected chi connectivity index (χ3v) is 4.44.